The van der Waals surface area contributed by atoms with Crippen molar-refractivity contribution in [3.05, 3.63) is 17.6 Å². The van der Waals surface area contributed by atoms with Crippen molar-refractivity contribution in [2.24, 2.45) is 0 Å². The molecule has 1 aromatic heterocycles. The predicted molar refractivity (Wildman–Crippen MR) is 65.6 cm³/mol. The van der Waals surface area contributed by atoms with E-state index in [2.05, 4.69) is 0 Å². The van der Waals surface area contributed by atoms with E-state index < -0.39 is 10.0 Å². The first-order valence-corrected chi connectivity index (χ1v) is 7.65. The van der Waals surface area contributed by atoms with E-state index >= 15 is 0 Å². The second-order valence-corrected chi connectivity index (χ2v) is 6.33. The Hall–Kier alpha value is -0.520. The van der Waals surface area contributed by atoms with Gasteiger partial charge in [-0.3, -0.25) is 0 Å². The fourth-order valence-electron chi connectivity index (χ4n) is 1.96. The molecule has 6 heteroatoms. The highest BCUT2D eigenvalue weighted by molar-refractivity contribution is 7.89. The minimum absolute atomic E-state index is 0.166. The Kier molecular flexibility index (Phi) is 3.52. The monoisotopic (exact) mass is 277 g/mol. The van der Waals surface area contributed by atoms with Crippen molar-refractivity contribution in [2.75, 3.05) is 6.54 Å². The SMILES string of the molecule is CCN(C1CC1)S(=O)(=O)c1cc(CCl)oc1C. The van der Waals surface area contributed by atoms with Crippen LogP contribution in [0.2, 0.25) is 0 Å². The number of nitrogens with zero attached hydrogens (tertiary/aromatic N) is 1. The molecule has 0 spiro atoms. The molecule has 17 heavy (non-hydrogen) atoms. The lowest BCUT2D eigenvalue weighted by Gasteiger charge is -2.19. The fourth-order valence-corrected chi connectivity index (χ4v) is 3.97. The summed E-state index contributed by atoms with van der Waals surface area (Å²) in [4.78, 5) is 0.252. The van der Waals surface area contributed by atoms with Crippen molar-refractivity contribution in [3.8, 4) is 0 Å². The first-order chi connectivity index (χ1) is 8.00. The van der Waals surface area contributed by atoms with Crippen molar-refractivity contribution < 1.29 is 12.8 Å². The standard InChI is InChI=1S/C11H16ClNO3S/c1-3-13(9-4-5-9)17(14,15)11-6-10(7-12)16-8(11)2/h6,9H,3-5,7H2,1-2H3. The summed E-state index contributed by atoms with van der Waals surface area (Å²) in [6.07, 6.45) is 1.90. The number of furan rings is 1. The van der Waals surface area contributed by atoms with Crippen LogP contribution < -0.4 is 0 Å². The van der Waals surface area contributed by atoms with Crippen LogP contribution in [0.25, 0.3) is 0 Å². The number of hydrogen-bond acceptors (Lipinski definition) is 3. The third-order valence-electron chi connectivity index (χ3n) is 2.91. The third-order valence-corrected chi connectivity index (χ3v) is 5.31. The van der Waals surface area contributed by atoms with Crippen molar-refractivity contribution in [1.82, 2.24) is 4.31 Å². The molecule has 0 radical (unpaired) electrons. The summed E-state index contributed by atoms with van der Waals surface area (Å²) < 4.78 is 31.7. The van der Waals surface area contributed by atoms with E-state index in [9.17, 15) is 8.42 Å². The molecule has 96 valence electrons. The van der Waals surface area contributed by atoms with Gasteiger partial charge in [-0.1, -0.05) is 6.92 Å². The Labute approximate surface area is 107 Å². The Bertz CT molecular complexity index is 505. The zero-order chi connectivity index (χ0) is 12.6. The molecule has 0 bridgehead atoms. The molecule has 1 heterocycles. The topological polar surface area (TPSA) is 50.5 Å². The zero-order valence-electron chi connectivity index (χ0n) is 9.94. The number of sulfonamides is 1. The molecule has 0 atom stereocenters. The Morgan fingerprint density at radius 2 is 2.18 bits per heavy atom. The Morgan fingerprint density at radius 1 is 1.53 bits per heavy atom. The van der Waals surface area contributed by atoms with Gasteiger partial charge in [0.1, 0.15) is 16.4 Å². The first-order valence-electron chi connectivity index (χ1n) is 5.67. The van der Waals surface area contributed by atoms with Crippen molar-refractivity contribution in [3.63, 3.8) is 0 Å². The van der Waals surface area contributed by atoms with Gasteiger partial charge in [-0.15, -0.1) is 11.6 Å². The maximum atomic E-state index is 12.4. The van der Waals surface area contributed by atoms with Crippen LogP contribution in [0.1, 0.15) is 31.3 Å². The van der Waals surface area contributed by atoms with Crippen LogP contribution >= 0.6 is 11.6 Å². The molecule has 0 unspecified atom stereocenters. The average Bonchev–Trinajstić information content (AvgIpc) is 3.01. The minimum Gasteiger partial charge on any atom is -0.464 e. The van der Waals surface area contributed by atoms with E-state index in [1.165, 1.54) is 6.07 Å². The summed E-state index contributed by atoms with van der Waals surface area (Å²) in [5.74, 6) is 1.10. The van der Waals surface area contributed by atoms with E-state index in [1.54, 1.807) is 11.2 Å². The van der Waals surface area contributed by atoms with Crippen LogP contribution in [0, 0.1) is 6.92 Å². The highest BCUT2D eigenvalue weighted by Crippen LogP contribution is 2.33. The van der Waals surface area contributed by atoms with E-state index in [0.29, 0.717) is 18.1 Å². The van der Waals surface area contributed by atoms with Gasteiger partial charge in [0.25, 0.3) is 0 Å². The van der Waals surface area contributed by atoms with E-state index in [1.807, 2.05) is 6.92 Å². The van der Waals surface area contributed by atoms with Gasteiger partial charge in [0.05, 0.1) is 5.88 Å². The second-order valence-electron chi connectivity index (χ2n) is 4.21. The molecule has 0 N–H and O–H groups in total. The van der Waals surface area contributed by atoms with Gasteiger partial charge in [0.2, 0.25) is 10.0 Å². The summed E-state index contributed by atoms with van der Waals surface area (Å²) in [5, 5.41) is 0. The Balaban J connectivity index is 2.39. The summed E-state index contributed by atoms with van der Waals surface area (Å²) in [6, 6.07) is 1.70. The van der Waals surface area contributed by atoms with Gasteiger partial charge in [0, 0.05) is 18.7 Å². The average molecular weight is 278 g/mol. The highest BCUT2D eigenvalue weighted by atomic mass is 35.5. The molecule has 0 saturated heterocycles. The minimum atomic E-state index is -3.43. The number of alkyl halides is 1. The molecule has 0 amide bonds. The summed E-state index contributed by atoms with van der Waals surface area (Å²) >= 11 is 5.65. The quantitative estimate of drug-likeness (QED) is 0.777. The number of halogens is 1. The summed E-state index contributed by atoms with van der Waals surface area (Å²) in [7, 11) is -3.43. The van der Waals surface area contributed by atoms with Gasteiger partial charge in [-0.2, -0.15) is 4.31 Å². The number of aryl methyl sites for hydroxylation is 1. The van der Waals surface area contributed by atoms with Crippen molar-refractivity contribution in [2.45, 2.75) is 43.5 Å². The maximum absolute atomic E-state index is 12.4. The zero-order valence-corrected chi connectivity index (χ0v) is 11.5. The molecule has 1 fully saturated rings. The fraction of sp³-hybridized carbons (Fsp3) is 0.636. The predicted octanol–water partition coefficient (Wildman–Crippen LogP) is 2.50. The number of hydrogen-bond donors (Lipinski definition) is 0. The molecule has 2 rings (SSSR count). The largest absolute Gasteiger partial charge is 0.464 e. The molecular formula is C11H16ClNO3S. The van der Waals surface area contributed by atoms with Gasteiger partial charge in [-0.25, -0.2) is 8.42 Å². The Morgan fingerprint density at radius 3 is 2.59 bits per heavy atom. The van der Waals surface area contributed by atoms with Crippen LogP contribution in [0.3, 0.4) is 0 Å². The van der Waals surface area contributed by atoms with Gasteiger partial charge in [0.15, 0.2) is 0 Å². The molecule has 4 nitrogen and oxygen atoms in total. The lowest BCUT2D eigenvalue weighted by molar-refractivity contribution is 0.418. The molecule has 1 aliphatic carbocycles. The van der Waals surface area contributed by atoms with E-state index in [4.69, 9.17) is 16.0 Å². The third kappa shape index (κ3) is 2.37. The van der Waals surface area contributed by atoms with E-state index in [0.717, 1.165) is 12.8 Å². The lowest BCUT2D eigenvalue weighted by Crippen LogP contribution is -2.33. The van der Waals surface area contributed by atoms with Crippen LogP contribution in [0.4, 0.5) is 0 Å². The molecule has 0 aliphatic heterocycles. The maximum Gasteiger partial charge on any atom is 0.246 e. The van der Waals surface area contributed by atoms with Gasteiger partial charge >= 0.3 is 0 Å². The summed E-state index contributed by atoms with van der Waals surface area (Å²) in [6.45, 7) is 4.01. The van der Waals surface area contributed by atoms with E-state index in [-0.39, 0.29) is 16.8 Å². The van der Waals surface area contributed by atoms with Crippen LogP contribution in [0.5, 0.6) is 0 Å². The van der Waals surface area contributed by atoms with Crippen molar-refractivity contribution >= 4 is 21.6 Å². The second kappa shape index (κ2) is 4.63. The van der Waals surface area contributed by atoms with Crippen LogP contribution in [-0.4, -0.2) is 25.3 Å². The molecule has 0 aromatic carbocycles. The highest BCUT2D eigenvalue weighted by Gasteiger charge is 2.38. The van der Waals surface area contributed by atoms with Gasteiger partial charge < -0.3 is 4.42 Å². The smallest absolute Gasteiger partial charge is 0.246 e. The lowest BCUT2D eigenvalue weighted by atomic mass is 10.4. The normalized spacial score (nSPS) is 16.7. The number of rotatable bonds is 5. The van der Waals surface area contributed by atoms with Crippen molar-refractivity contribution in [1.29, 1.82) is 0 Å². The summed E-state index contributed by atoms with van der Waals surface area (Å²) in [5.41, 5.74) is 0. The van der Waals surface area contributed by atoms with Crippen LogP contribution in [0.15, 0.2) is 15.4 Å². The molecule has 1 aliphatic rings. The first kappa shape index (κ1) is 12.9. The van der Waals surface area contributed by atoms with Gasteiger partial charge in [-0.05, 0) is 19.8 Å². The molecular weight excluding hydrogens is 262 g/mol. The van der Waals surface area contributed by atoms with Crippen LogP contribution in [-0.2, 0) is 15.9 Å². The molecule has 1 aromatic rings. The molecule has 1 saturated carbocycles.